The lowest BCUT2D eigenvalue weighted by atomic mass is 9.81. The van der Waals surface area contributed by atoms with Crippen LogP contribution in [0.3, 0.4) is 0 Å². The van der Waals surface area contributed by atoms with E-state index in [2.05, 4.69) is 10.6 Å². The van der Waals surface area contributed by atoms with Crippen LogP contribution in [0.1, 0.15) is 46.5 Å². The normalized spacial score (nSPS) is 21.3. The van der Waals surface area contributed by atoms with Gasteiger partial charge in [-0.2, -0.15) is 0 Å². The maximum Gasteiger partial charge on any atom is 0.223 e. The molecular weight excluding hydrogens is 284 g/mol. The summed E-state index contributed by atoms with van der Waals surface area (Å²) in [5, 5.41) is 5.30. The Morgan fingerprint density at radius 1 is 0.864 bits per heavy atom. The fourth-order valence-corrected chi connectivity index (χ4v) is 2.50. The molecule has 22 heavy (non-hydrogen) atoms. The van der Waals surface area contributed by atoms with Crippen molar-refractivity contribution in [1.29, 1.82) is 0 Å². The van der Waals surface area contributed by atoms with Crippen LogP contribution in [0.4, 0.5) is 0 Å². The number of hydrogen-bond donors (Lipinski definition) is 2. The lowest BCUT2D eigenvalue weighted by Crippen LogP contribution is -2.40. The van der Waals surface area contributed by atoms with Crippen molar-refractivity contribution in [2.24, 2.45) is 17.8 Å². The van der Waals surface area contributed by atoms with Crippen LogP contribution in [0.15, 0.2) is 0 Å². The van der Waals surface area contributed by atoms with E-state index in [9.17, 15) is 19.2 Å². The molecule has 0 aromatic rings. The van der Waals surface area contributed by atoms with E-state index >= 15 is 0 Å². The summed E-state index contributed by atoms with van der Waals surface area (Å²) in [7, 11) is 0. The lowest BCUT2D eigenvalue weighted by molar-refractivity contribution is -0.132. The number of carbonyl (C=O) groups is 4. The van der Waals surface area contributed by atoms with Gasteiger partial charge in [0.1, 0.15) is 5.78 Å². The van der Waals surface area contributed by atoms with Gasteiger partial charge in [-0.05, 0) is 32.6 Å². The Hall–Kier alpha value is -1.72. The zero-order valence-corrected chi connectivity index (χ0v) is 13.6. The highest BCUT2D eigenvalue weighted by atomic mass is 16.2. The van der Waals surface area contributed by atoms with Crippen LogP contribution >= 0.6 is 0 Å². The summed E-state index contributed by atoms with van der Waals surface area (Å²) in [6, 6.07) is 0. The summed E-state index contributed by atoms with van der Waals surface area (Å²) in [4.78, 5) is 46.2. The van der Waals surface area contributed by atoms with Crippen molar-refractivity contribution >= 4 is 23.4 Å². The zero-order chi connectivity index (χ0) is 16.7. The van der Waals surface area contributed by atoms with Crippen molar-refractivity contribution in [2.75, 3.05) is 13.1 Å². The molecule has 6 nitrogen and oxygen atoms in total. The number of hydrogen-bond acceptors (Lipinski definition) is 4. The molecule has 0 radical (unpaired) electrons. The fourth-order valence-electron chi connectivity index (χ4n) is 2.50. The Labute approximate surface area is 131 Å². The second-order valence-electron chi connectivity index (χ2n) is 6.31. The van der Waals surface area contributed by atoms with Crippen LogP contribution in [0.5, 0.6) is 0 Å². The third-order valence-corrected chi connectivity index (χ3v) is 4.06. The van der Waals surface area contributed by atoms with Crippen LogP contribution in [-0.4, -0.2) is 36.5 Å². The molecule has 0 spiro atoms. The van der Waals surface area contributed by atoms with Crippen molar-refractivity contribution in [3.63, 3.8) is 0 Å². The standard InChI is InChI=1S/C16H26N2O4/c1-10(2)14(20)9-18-16(22)13-6-4-12(5-7-13)15(21)17-8-11(3)19/h10,12-13H,4-9H2,1-3H3,(H,17,21)(H,18,22). The number of Topliss-reactive ketones (excluding diaryl/α,β-unsaturated/α-hetero) is 2. The van der Waals surface area contributed by atoms with Crippen molar-refractivity contribution in [2.45, 2.75) is 46.5 Å². The number of amides is 2. The second-order valence-corrected chi connectivity index (χ2v) is 6.31. The average Bonchev–Trinajstić information content (AvgIpc) is 2.49. The highest BCUT2D eigenvalue weighted by molar-refractivity contribution is 5.88. The van der Waals surface area contributed by atoms with E-state index in [4.69, 9.17) is 0 Å². The van der Waals surface area contributed by atoms with Gasteiger partial charge >= 0.3 is 0 Å². The minimum absolute atomic E-state index is 0.0191. The highest BCUT2D eigenvalue weighted by Gasteiger charge is 2.30. The molecule has 6 heteroatoms. The maximum absolute atomic E-state index is 12.0. The predicted octanol–water partition coefficient (Wildman–Crippen LogP) is 0.839. The molecular formula is C16H26N2O4. The van der Waals surface area contributed by atoms with E-state index in [-0.39, 0.29) is 54.2 Å². The van der Waals surface area contributed by atoms with Gasteiger partial charge in [0, 0.05) is 17.8 Å². The Bertz CT molecular complexity index is 437. The summed E-state index contributed by atoms with van der Waals surface area (Å²) in [5.41, 5.74) is 0. The van der Waals surface area contributed by atoms with Gasteiger partial charge in [-0.15, -0.1) is 0 Å². The van der Waals surface area contributed by atoms with Crippen molar-refractivity contribution in [3.8, 4) is 0 Å². The molecule has 124 valence electrons. The summed E-state index contributed by atoms with van der Waals surface area (Å²) >= 11 is 0. The molecule has 2 N–H and O–H groups in total. The minimum Gasteiger partial charge on any atom is -0.349 e. The molecule has 0 bridgehead atoms. The Morgan fingerprint density at radius 2 is 1.27 bits per heavy atom. The first-order valence-electron chi connectivity index (χ1n) is 7.88. The quantitative estimate of drug-likeness (QED) is 0.729. The number of rotatable bonds is 7. The molecule has 0 aliphatic heterocycles. The van der Waals surface area contributed by atoms with Crippen molar-refractivity contribution in [3.05, 3.63) is 0 Å². The van der Waals surface area contributed by atoms with Gasteiger partial charge in [0.05, 0.1) is 13.1 Å². The lowest BCUT2D eigenvalue weighted by Gasteiger charge is -2.27. The molecule has 0 atom stereocenters. The first-order valence-corrected chi connectivity index (χ1v) is 7.88. The van der Waals surface area contributed by atoms with Crippen molar-refractivity contribution < 1.29 is 19.2 Å². The average molecular weight is 310 g/mol. The molecule has 0 aromatic carbocycles. The third kappa shape index (κ3) is 5.95. The SMILES string of the molecule is CC(=O)CNC(=O)C1CCC(C(=O)NCC(=O)C(C)C)CC1. The van der Waals surface area contributed by atoms with E-state index in [0.29, 0.717) is 25.7 Å². The van der Waals surface area contributed by atoms with Crippen LogP contribution < -0.4 is 10.6 Å². The largest absolute Gasteiger partial charge is 0.349 e. The Balaban J connectivity index is 2.32. The molecule has 0 unspecified atom stereocenters. The van der Waals surface area contributed by atoms with Crippen molar-refractivity contribution in [1.82, 2.24) is 10.6 Å². The van der Waals surface area contributed by atoms with E-state index < -0.39 is 0 Å². The van der Waals surface area contributed by atoms with E-state index in [1.54, 1.807) is 13.8 Å². The summed E-state index contributed by atoms with van der Waals surface area (Å²) in [6.07, 6.45) is 2.56. The molecule has 0 heterocycles. The molecule has 0 aromatic heterocycles. The maximum atomic E-state index is 12.0. The summed E-state index contributed by atoms with van der Waals surface area (Å²) in [5.74, 6) is -0.596. The monoisotopic (exact) mass is 310 g/mol. The van der Waals surface area contributed by atoms with Gasteiger partial charge in [0.15, 0.2) is 5.78 Å². The Morgan fingerprint density at radius 3 is 1.64 bits per heavy atom. The van der Waals surface area contributed by atoms with E-state index in [1.807, 2.05) is 0 Å². The van der Waals surface area contributed by atoms with Gasteiger partial charge in [-0.25, -0.2) is 0 Å². The molecule has 1 rings (SSSR count). The van der Waals surface area contributed by atoms with E-state index in [1.165, 1.54) is 6.92 Å². The predicted molar refractivity (Wildman–Crippen MR) is 82.0 cm³/mol. The molecule has 1 aliphatic rings. The first-order chi connectivity index (χ1) is 10.3. The first kappa shape index (κ1) is 18.3. The van der Waals surface area contributed by atoms with Gasteiger partial charge in [-0.1, -0.05) is 13.8 Å². The minimum atomic E-state index is -0.128. The van der Waals surface area contributed by atoms with E-state index in [0.717, 1.165) is 0 Å². The molecule has 2 amide bonds. The third-order valence-electron chi connectivity index (χ3n) is 4.06. The van der Waals surface area contributed by atoms with Crippen LogP contribution in [-0.2, 0) is 19.2 Å². The zero-order valence-electron chi connectivity index (χ0n) is 13.6. The Kier molecular flexibility index (Phi) is 7.21. The number of ketones is 2. The van der Waals surface area contributed by atoms with Crippen LogP contribution in [0.2, 0.25) is 0 Å². The number of nitrogens with one attached hydrogen (secondary N) is 2. The van der Waals surface area contributed by atoms with Gasteiger partial charge in [-0.3, -0.25) is 19.2 Å². The molecule has 0 saturated heterocycles. The smallest absolute Gasteiger partial charge is 0.223 e. The molecule has 1 aliphatic carbocycles. The highest BCUT2D eigenvalue weighted by Crippen LogP contribution is 2.29. The second kappa shape index (κ2) is 8.66. The molecule has 1 fully saturated rings. The van der Waals surface area contributed by atoms with Gasteiger partial charge in [0.25, 0.3) is 0 Å². The van der Waals surface area contributed by atoms with Crippen LogP contribution in [0.25, 0.3) is 0 Å². The summed E-state index contributed by atoms with van der Waals surface area (Å²) in [6.45, 7) is 5.19. The topological polar surface area (TPSA) is 92.3 Å². The van der Waals surface area contributed by atoms with Gasteiger partial charge < -0.3 is 10.6 Å². The molecule has 1 saturated carbocycles. The number of carbonyl (C=O) groups excluding carboxylic acids is 4. The summed E-state index contributed by atoms with van der Waals surface area (Å²) < 4.78 is 0. The van der Waals surface area contributed by atoms with Gasteiger partial charge in [0.2, 0.25) is 11.8 Å². The fraction of sp³-hybridized carbons (Fsp3) is 0.750. The van der Waals surface area contributed by atoms with Crippen LogP contribution in [0, 0.1) is 17.8 Å².